The van der Waals surface area contributed by atoms with Gasteiger partial charge in [-0.1, -0.05) is 42.5 Å². The van der Waals surface area contributed by atoms with Crippen molar-refractivity contribution >= 4 is 5.91 Å². The van der Waals surface area contributed by atoms with Gasteiger partial charge in [0, 0.05) is 38.0 Å². The third kappa shape index (κ3) is 4.25. The van der Waals surface area contributed by atoms with Gasteiger partial charge in [0.1, 0.15) is 0 Å². The highest BCUT2D eigenvalue weighted by atomic mass is 16.5. The maximum atomic E-state index is 12.1. The van der Waals surface area contributed by atoms with E-state index in [-0.39, 0.29) is 11.9 Å². The van der Waals surface area contributed by atoms with Crippen molar-refractivity contribution in [2.24, 2.45) is 0 Å². The van der Waals surface area contributed by atoms with Gasteiger partial charge < -0.3 is 19.7 Å². The molecule has 2 aromatic carbocycles. The third-order valence-electron chi connectivity index (χ3n) is 5.17. The average Bonchev–Trinajstić information content (AvgIpc) is 2.95. The summed E-state index contributed by atoms with van der Waals surface area (Å²) in [6.45, 7) is 3.56. The fourth-order valence-electron chi connectivity index (χ4n) is 3.72. The summed E-state index contributed by atoms with van der Waals surface area (Å²) in [4.78, 5) is 14.1. The van der Waals surface area contributed by atoms with Crippen LogP contribution < -0.4 is 14.8 Å². The number of nitrogens with zero attached hydrogens (tertiary/aromatic N) is 1. The number of para-hydroxylation sites is 1. The lowest BCUT2D eigenvalue weighted by molar-refractivity contribution is -0.128. The molecule has 0 saturated carbocycles. The summed E-state index contributed by atoms with van der Waals surface area (Å²) < 4.78 is 11.7. The van der Waals surface area contributed by atoms with Crippen molar-refractivity contribution in [2.75, 3.05) is 26.3 Å². The van der Waals surface area contributed by atoms with Gasteiger partial charge in [-0.15, -0.1) is 0 Å². The van der Waals surface area contributed by atoms with Crippen LogP contribution in [-0.4, -0.2) is 37.1 Å². The van der Waals surface area contributed by atoms with E-state index in [1.807, 2.05) is 35.2 Å². The van der Waals surface area contributed by atoms with Crippen molar-refractivity contribution in [3.63, 3.8) is 0 Å². The van der Waals surface area contributed by atoms with E-state index in [9.17, 15) is 4.79 Å². The molecule has 0 aromatic heterocycles. The molecule has 1 saturated heterocycles. The van der Waals surface area contributed by atoms with Crippen LogP contribution in [0.15, 0.2) is 48.5 Å². The molecule has 0 bridgehead atoms. The van der Waals surface area contributed by atoms with Crippen molar-refractivity contribution in [1.29, 1.82) is 0 Å². The molecule has 0 radical (unpaired) electrons. The Morgan fingerprint density at radius 2 is 1.85 bits per heavy atom. The molecule has 1 atom stereocenters. The highest BCUT2D eigenvalue weighted by Gasteiger charge is 2.24. The molecule has 5 heteroatoms. The minimum Gasteiger partial charge on any atom is -0.490 e. The molecular formula is C22H26N2O3. The molecule has 2 aliphatic heterocycles. The van der Waals surface area contributed by atoms with Crippen LogP contribution in [0.5, 0.6) is 11.5 Å². The Kier molecular flexibility index (Phi) is 5.58. The van der Waals surface area contributed by atoms with E-state index in [1.54, 1.807) is 0 Å². The second-order valence-corrected chi connectivity index (χ2v) is 7.08. The number of rotatable bonds is 6. The monoisotopic (exact) mass is 366 g/mol. The summed E-state index contributed by atoms with van der Waals surface area (Å²) >= 11 is 0. The average molecular weight is 366 g/mol. The Hall–Kier alpha value is -2.53. The molecule has 4 rings (SSSR count). The molecule has 0 spiro atoms. The van der Waals surface area contributed by atoms with Crippen LogP contribution in [0.2, 0.25) is 0 Å². The number of hydrogen-bond donors (Lipinski definition) is 1. The molecule has 2 aliphatic rings. The van der Waals surface area contributed by atoms with Crippen LogP contribution in [-0.2, 0) is 11.3 Å². The normalized spacial score (nSPS) is 17.6. The highest BCUT2D eigenvalue weighted by Crippen LogP contribution is 2.33. The van der Waals surface area contributed by atoms with Gasteiger partial charge in [0.05, 0.1) is 19.3 Å². The number of benzene rings is 2. The molecule has 1 fully saturated rings. The Morgan fingerprint density at radius 1 is 1.00 bits per heavy atom. The fourth-order valence-corrected chi connectivity index (χ4v) is 3.72. The molecule has 2 aromatic rings. The van der Waals surface area contributed by atoms with Crippen LogP contribution >= 0.6 is 0 Å². The summed E-state index contributed by atoms with van der Waals surface area (Å²) in [6, 6.07) is 16.5. The molecule has 5 nitrogen and oxygen atoms in total. The van der Waals surface area contributed by atoms with E-state index < -0.39 is 0 Å². The minimum absolute atomic E-state index is 0.0794. The number of amides is 1. The Bertz CT molecular complexity index is 778. The first-order valence-corrected chi connectivity index (χ1v) is 9.75. The molecule has 142 valence electrons. The lowest BCUT2D eigenvalue weighted by Gasteiger charge is -2.26. The van der Waals surface area contributed by atoms with Crippen molar-refractivity contribution in [2.45, 2.75) is 31.8 Å². The van der Waals surface area contributed by atoms with Crippen LogP contribution in [0.25, 0.3) is 0 Å². The van der Waals surface area contributed by atoms with Gasteiger partial charge in [0.15, 0.2) is 11.5 Å². The van der Waals surface area contributed by atoms with E-state index in [0.717, 1.165) is 36.4 Å². The van der Waals surface area contributed by atoms with Crippen molar-refractivity contribution < 1.29 is 14.3 Å². The van der Waals surface area contributed by atoms with E-state index in [2.05, 4.69) is 23.5 Å². The molecular weight excluding hydrogens is 340 g/mol. The lowest BCUT2D eigenvalue weighted by Crippen LogP contribution is -2.35. The lowest BCUT2D eigenvalue weighted by atomic mass is 10.1. The first-order chi connectivity index (χ1) is 13.3. The number of ether oxygens (including phenoxy) is 2. The SMILES string of the molecule is O=C1CCCN1CC(NCc1cccc2c1OCCCO2)c1ccccc1. The third-order valence-corrected chi connectivity index (χ3v) is 5.17. The first-order valence-electron chi connectivity index (χ1n) is 9.75. The number of carbonyl (C=O) groups excluding carboxylic acids is 1. The molecule has 1 unspecified atom stereocenters. The van der Waals surface area contributed by atoms with Gasteiger partial charge in [-0.3, -0.25) is 4.79 Å². The summed E-state index contributed by atoms with van der Waals surface area (Å²) in [5.74, 6) is 1.91. The maximum Gasteiger partial charge on any atom is 0.222 e. The topological polar surface area (TPSA) is 50.8 Å². The van der Waals surface area contributed by atoms with E-state index in [1.165, 1.54) is 5.56 Å². The van der Waals surface area contributed by atoms with Crippen LogP contribution in [0, 0.1) is 0 Å². The number of carbonyl (C=O) groups is 1. The van der Waals surface area contributed by atoms with E-state index >= 15 is 0 Å². The van der Waals surface area contributed by atoms with Gasteiger partial charge in [0.25, 0.3) is 0 Å². The van der Waals surface area contributed by atoms with Crippen LogP contribution in [0.1, 0.15) is 36.4 Å². The first kappa shape index (κ1) is 17.9. The second kappa shape index (κ2) is 8.44. The number of likely N-dealkylation sites (tertiary alicyclic amines) is 1. The van der Waals surface area contributed by atoms with Crippen LogP contribution in [0.3, 0.4) is 0 Å². The zero-order valence-corrected chi connectivity index (χ0v) is 15.5. The molecule has 1 amide bonds. The predicted octanol–water partition coefficient (Wildman–Crippen LogP) is 3.30. The quantitative estimate of drug-likeness (QED) is 0.852. The standard InChI is InChI=1S/C22H26N2O3/c25-21-11-5-12-24(21)16-19(17-7-2-1-3-8-17)23-15-18-9-4-10-20-22(18)27-14-6-13-26-20/h1-4,7-10,19,23H,5-6,11-16H2. The highest BCUT2D eigenvalue weighted by molar-refractivity contribution is 5.78. The van der Waals surface area contributed by atoms with Crippen molar-refractivity contribution in [3.8, 4) is 11.5 Å². The molecule has 1 N–H and O–H groups in total. The fraction of sp³-hybridized carbons (Fsp3) is 0.409. The summed E-state index contributed by atoms with van der Waals surface area (Å²) in [6.07, 6.45) is 2.52. The maximum absolute atomic E-state index is 12.1. The van der Waals surface area contributed by atoms with Gasteiger partial charge in [0.2, 0.25) is 5.91 Å². The zero-order valence-electron chi connectivity index (χ0n) is 15.5. The summed E-state index contributed by atoms with van der Waals surface area (Å²) in [5.41, 5.74) is 2.28. The molecule has 27 heavy (non-hydrogen) atoms. The van der Waals surface area contributed by atoms with Gasteiger partial charge >= 0.3 is 0 Å². The Balaban J connectivity index is 1.51. The number of fused-ring (bicyclic) bond motifs is 1. The van der Waals surface area contributed by atoms with Crippen molar-refractivity contribution in [1.82, 2.24) is 10.2 Å². The number of nitrogens with one attached hydrogen (secondary N) is 1. The Labute approximate surface area is 160 Å². The van der Waals surface area contributed by atoms with E-state index in [4.69, 9.17) is 9.47 Å². The van der Waals surface area contributed by atoms with Gasteiger partial charge in [-0.2, -0.15) is 0 Å². The summed E-state index contributed by atoms with van der Waals surface area (Å²) in [7, 11) is 0. The largest absolute Gasteiger partial charge is 0.490 e. The van der Waals surface area contributed by atoms with Gasteiger partial charge in [-0.25, -0.2) is 0 Å². The summed E-state index contributed by atoms with van der Waals surface area (Å²) in [5, 5.41) is 3.64. The smallest absolute Gasteiger partial charge is 0.222 e. The Morgan fingerprint density at radius 3 is 2.67 bits per heavy atom. The van der Waals surface area contributed by atoms with E-state index in [0.29, 0.717) is 32.7 Å². The number of hydrogen-bond acceptors (Lipinski definition) is 4. The predicted molar refractivity (Wildman–Crippen MR) is 104 cm³/mol. The molecule has 0 aliphatic carbocycles. The van der Waals surface area contributed by atoms with Crippen LogP contribution in [0.4, 0.5) is 0 Å². The zero-order chi connectivity index (χ0) is 18.5. The van der Waals surface area contributed by atoms with Gasteiger partial charge in [-0.05, 0) is 18.1 Å². The minimum atomic E-state index is 0.0794. The van der Waals surface area contributed by atoms with Crippen molar-refractivity contribution in [3.05, 3.63) is 59.7 Å². The molecule has 2 heterocycles. The second-order valence-electron chi connectivity index (χ2n) is 7.08.